The molecule has 0 fully saturated rings. The molecule has 0 aliphatic rings. The summed E-state index contributed by atoms with van der Waals surface area (Å²) >= 11 is 3.23. The highest BCUT2D eigenvalue weighted by molar-refractivity contribution is 7.98. The molecule has 0 atom stereocenters. The molecule has 0 spiro atoms. The average molecular weight is 641 g/mol. The highest BCUT2D eigenvalue weighted by Gasteiger charge is 2.29. The largest absolute Gasteiger partial charge is 0.464 e. The van der Waals surface area contributed by atoms with Crippen molar-refractivity contribution >= 4 is 23.5 Å². The standard InChI is InChI=1S/C27H44N8O6S2/c1-28-26(30-11-13-42-18-22-9-7-20(40-22)16-32(3)4)24(34(36)37)15-25(35(38)39)27(29-2)31-12-14-43-19-23-10-8-21(41-23)17-33(5)6/h7-10,28-31H,11-19H2,1-6H3. The highest BCUT2D eigenvalue weighted by Crippen LogP contribution is 2.19. The summed E-state index contributed by atoms with van der Waals surface area (Å²) in [5.74, 6) is 6.39. The van der Waals surface area contributed by atoms with Crippen LogP contribution in [-0.4, -0.2) is 86.5 Å². The highest BCUT2D eigenvalue weighted by atomic mass is 32.2. The van der Waals surface area contributed by atoms with E-state index in [0.29, 0.717) is 36.1 Å². The summed E-state index contributed by atoms with van der Waals surface area (Å²) in [6.45, 7) is 2.28. The molecule has 2 heterocycles. The van der Waals surface area contributed by atoms with Crippen molar-refractivity contribution in [3.63, 3.8) is 0 Å². The zero-order valence-electron chi connectivity index (χ0n) is 25.7. The van der Waals surface area contributed by atoms with E-state index >= 15 is 0 Å². The van der Waals surface area contributed by atoms with Gasteiger partial charge in [0.25, 0.3) is 11.4 Å². The van der Waals surface area contributed by atoms with Gasteiger partial charge in [-0.05, 0) is 52.5 Å². The summed E-state index contributed by atoms with van der Waals surface area (Å²) in [7, 11) is 11.0. The Labute approximate surface area is 261 Å². The summed E-state index contributed by atoms with van der Waals surface area (Å²) in [5, 5.41) is 35.6. The van der Waals surface area contributed by atoms with Gasteiger partial charge in [0.15, 0.2) is 11.6 Å². The summed E-state index contributed by atoms with van der Waals surface area (Å²) in [5.41, 5.74) is -0.650. The molecule has 43 heavy (non-hydrogen) atoms. The minimum absolute atomic E-state index is 0.134. The molecular weight excluding hydrogens is 596 g/mol. The fraction of sp³-hybridized carbons (Fsp3) is 0.556. The second kappa shape index (κ2) is 19.0. The van der Waals surface area contributed by atoms with E-state index in [9.17, 15) is 20.2 Å². The summed E-state index contributed by atoms with van der Waals surface area (Å²) < 4.78 is 11.6. The maximum Gasteiger partial charge on any atom is 0.296 e. The van der Waals surface area contributed by atoms with Crippen LogP contribution in [0.2, 0.25) is 0 Å². The van der Waals surface area contributed by atoms with E-state index in [1.165, 1.54) is 0 Å². The second-order valence-electron chi connectivity index (χ2n) is 10.0. The van der Waals surface area contributed by atoms with Crippen LogP contribution >= 0.6 is 23.5 Å². The van der Waals surface area contributed by atoms with Gasteiger partial charge < -0.3 is 39.9 Å². The smallest absolute Gasteiger partial charge is 0.296 e. The van der Waals surface area contributed by atoms with E-state index in [1.807, 2.05) is 62.3 Å². The number of hydrogen-bond donors (Lipinski definition) is 4. The molecule has 240 valence electrons. The number of nitrogens with zero attached hydrogens (tertiary/aromatic N) is 4. The Morgan fingerprint density at radius 2 is 1.09 bits per heavy atom. The van der Waals surface area contributed by atoms with Gasteiger partial charge in [0.05, 0.1) is 34.4 Å². The molecule has 0 radical (unpaired) electrons. The number of furan rings is 2. The number of rotatable bonds is 22. The van der Waals surface area contributed by atoms with Gasteiger partial charge >= 0.3 is 0 Å². The van der Waals surface area contributed by atoms with Gasteiger partial charge in [-0.1, -0.05) is 0 Å². The van der Waals surface area contributed by atoms with Crippen LogP contribution in [0.3, 0.4) is 0 Å². The van der Waals surface area contributed by atoms with Crippen molar-refractivity contribution in [1.82, 2.24) is 31.1 Å². The van der Waals surface area contributed by atoms with Crippen LogP contribution in [0, 0.1) is 20.2 Å². The predicted octanol–water partition coefficient (Wildman–Crippen LogP) is 3.06. The van der Waals surface area contributed by atoms with Gasteiger partial charge in [-0.15, -0.1) is 0 Å². The van der Waals surface area contributed by atoms with Crippen molar-refractivity contribution in [2.45, 2.75) is 31.0 Å². The van der Waals surface area contributed by atoms with Crippen LogP contribution < -0.4 is 21.3 Å². The molecular formula is C27H44N8O6S2. The first-order chi connectivity index (χ1) is 20.5. The van der Waals surface area contributed by atoms with Crippen LogP contribution in [0.1, 0.15) is 29.5 Å². The third-order valence-corrected chi connectivity index (χ3v) is 7.78. The SMILES string of the molecule is CNC(NCCSCc1ccc(CN(C)C)o1)=C(CC(=C(NC)NCCSCc1ccc(CN(C)C)o1)[N+](=O)[O-])[N+](=O)[O-]. The lowest BCUT2D eigenvalue weighted by Crippen LogP contribution is -2.32. The van der Waals surface area contributed by atoms with Gasteiger partial charge in [-0.25, -0.2) is 0 Å². The van der Waals surface area contributed by atoms with Crippen molar-refractivity contribution in [1.29, 1.82) is 0 Å². The molecule has 2 aromatic heterocycles. The zero-order chi connectivity index (χ0) is 31.8. The van der Waals surface area contributed by atoms with E-state index in [-0.39, 0.29) is 23.0 Å². The Balaban J connectivity index is 1.93. The molecule has 4 N–H and O–H groups in total. The van der Waals surface area contributed by atoms with Crippen LogP contribution in [0.15, 0.2) is 56.1 Å². The molecule has 0 aliphatic carbocycles. The van der Waals surface area contributed by atoms with E-state index < -0.39 is 16.3 Å². The number of hydrogen-bond acceptors (Lipinski definition) is 14. The Morgan fingerprint density at radius 1 is 0.721 bits per heavy atom. The minimum atomic E-state index is -0.596. The van der Waals surface area contributed by atoms with Crippen molar-refractivity contribution in [2.75, 3.05) is 66.9 Å². The van der Waals surface area contributed by atoms with Crippen molar-refractivity contribution < 1.29 is 18.7 Å². The molecule has 14 nitrogen and oxygen atoms in total. The molecule has 0 amide bonds. The van der Waals surface area contributed by atoms with Crippen molar-refractivity contribution in [2.24, 2.45) is 0 Å². The van der Waals surface area contributed by atoms with Gasteiger partial charge in [-0.2, -0.15) is 23.5 Å². The molecule has 0 aromatic carbocycles. The molecule has 0 aliphatic heterocycles. The normalized spacial score (nSPS) is 12.7. The monoisotopic (exact) mass is 640 g/mol. The van der Waals surface area contributed by atoms with Crippen LogP contribution in [-0.2, 0) is 24.6 Å². The molecule has 2 rings (SSSR count). The first kappa shape index (κ1) is 35.9. The Kier molecular flexibility index (Phi) is 15.9. The molecule has 0 saturated heterocycles. The first-order valence-electron chi connectivity index (χ1n) is 13.7. The maximum atomic E-state index is 12.0. The van der Waals surface area contributed by atoms with E-state index in [2.05, 4.69) is 21.3 Å². The third kappa shape index (κ3) is 13.2. The summed E-state index contributed by atoms with van der Waals surface area (Å²) in [6, 6.07) is 7.80. The fourth-order valence-corrected chi connectivity index (χ4v) is 5.45. The fourth-order valence-electron chi connectivity index (χ4n) is 3.95. The predicted molar refractivity (Wildman–Crippen MR) is 171 cm³/mol. The van der Waals surface area contributed by atoms with Gasteiger partial charge in [0.1, 0.15) is 29.5 Å². The Bertz CT molecular complexity index is 1140. The second-order valence-corrected chi connectivity index (χ2v) is 12.2. The molecule has 0 saturated carbocycles. The number of nitro groups is 2. The topological polar surface area (TPSA) is 167 Å². The summed E-state index contributed by atoms with van der Waals surface area (Å²) in [6.07, 6.45) is -0.491. The average Bonchev–Trinajstić information content (AvgIpc) is 3.57. The third-order valence-electron chi connectivity index (χ3n) is 5.82. The Morgan fingerprint density at radius 3 is 1.42 bits per heavy atom. The van der Waals surface area contributed by atoms with Gasteiger partial charge in [0.2, 0.25) is 0 Å². The Hall–Kier alpha value is -3.34. The first-order valence-corrected chi connectivity index (χ1v) is 16.0. The lowest BCUT2D eigenvalue weighted by atomic mass is 10.2. The van der Waals surface area contributed by atoms with Crippen LogP contribution in [0.4, 0.5) is 0 Å². The van der Waals surface area contributed by atoms with Gasteiger partial charge in [-0.3, -0.25) is 20.2 Å². The lowest BCUT2D eigenvalue weighted by molar-refractivity contribution is -0.452. The molecule has 16 heteroatoms. The quantitative estimate of drug-likeness (QED) is 0.0842. The zero-order valence-corrected chi connectivity index (χ0v) is 27.4. The van der Waals surface area contributed by atoms with Crippen LogP contribution in [0.5, 0.6) is 0 Å². The molecule has 2 aromatic rings. The lowest BCUT2D eigenvalue weighted by Gasteiger charge is -2.13. The van der Waals surface area contributed by atoms with E-state index in [0.717, 1.165) is 36.1 Å². The maximum absolute atomic E-state index is 12.0. The van der Waals surface area contributed by atoms with E-state index in [1.54, 1.807) is 37.6 Å². The minimum Gasteiger partial charge on any atom is -0.464 e. The van der Waals surface area contributed by atoms with Gasteiger partial charge in [0, 0.05) is 38.7 Å². The number of thioether (sulfide) groups is 2. The number of nitrogens with one attached hydrogen (secondary N) is 4. The van der Waals surface area contributed by atoms with Crippen molar-refractivity contribution in [3.05, 3.63) is 90.6 Å². The molecule has 0 unspecified atom stereocenters. The van der Waals surface area contributed by atoms with Crippen LogP contribution in [0.25, 0.3) is 0 Å². The van der Waals surface area contributed by atoms with Crippen molar-refractivity contribution in [3.8, 4) is 0 Å². The molecule has 0 bridgehead atoms. The summed E-state index contributed by atoms with van der Waals surface area (Å²) in [4.78, 5) is 26.8. The van der Waals surface area contributed by atoms with E-state index in [4.69, 9.17) is 8.83 Å².